The topological polar surface area (TPSA) is 66.8 Å². The first kappa shape index (κ1) is 25.2. The number of benzene rings is 2. The van der Waals surface area contributed by atoms with Crippen molar-refractivity contribution in [3.8, 4) is 5.75 Å². The van der Waals surface area contributed by atoms with Crippen LogP contribution in [0.4, 0.5) is 0 Å². The zero-order valence-electron chi connectivity index (χ0n) is 20.5. The van der Waals surface area contributed by atoms with E-state index in [0.29, 0.717) is 17.6 Å². The average Bonchev–Trinajstić information content (AvgIpc) is 3.59. The lowest BCUT2D eigenvalue weighted by molar-refractivity contribution is -0.0742. The van der Waals surface area contributed by atoms with Gasteiger partial charge in [-0.1, -0.05) is 56.7 Å². The van der Waals surface area contributed by atoms with Gasteiger partial charge in [0.2, 0.25) is 0 Å². The summed E-state index contributed by atoms with van der Waals surface area (Å²) in [7, 11) is 0. The Morgan fingerprint density at radius 3 is 2.45 bits per heavy atom. The molecule has 178 valence electrons. The molecule has 0 radical (unpaired) electrons. The molecular formula is C29H38O4. The molecule has 3 rings (SSSR count). The first-order chi connectivity index (χ1) is 15.8. The Morgan fingerprint density at radius 2 is 1.85 bits per heavy atom. The first-order valence-electron chi connectivity index (χ1n) is 12.1. The summed E-state index contributed by atoms with van der Waals surface area (Å²) in [6.45, 7) is 10.0. The average molecular weight is 451 g/mol. The number of rotatable bonds is 11. The molecule has 1 saturated carbocycles. The predicted molar refractivity (Wildman–Crippen MR) is 134 cm³/mol. The fourth-order valence-corrected chi connectivity index (χ4v) is 4.92. The number of allylic oxidation sites excluding steroid dienone is 1. The molecule has 1 aliphatic carbocycles. The lowest BCUT2D eigenvalue weighted by Gasteiger charge is -2.24. The van der Waals surface area contributed by atoms with Gasteiger partial charge in [-0.3, -0.25) is 4.79 Å². The first-order valence-corrected chi connectivity index (χ1v) is 12.1. The fraction of sp³-hybridized carbons (Fsp3) is 0.483. The number of ether oxygens (including phenoxy) is 1. The van der Waals surface area contributed by atoms with E-state index >= 15 is 0 Å². The van der Waals surface area contributed by atoms with E-state index in [0.717, 1.165) is 47.1 Å². The van der Waals surface area contributed by atoms with Gasteiger partial charge in [0.25, 0.3) is 0 Å². The van der Waals surface area contributed by atoms with Crippen molar-refractivity contribution in [1.29, 1.82) is 0 Å². The third kappa shape index (κ3) is 6.13. The molecule has 0 spiro atoms. The summed E-state index contributed by atoms with van der Waals surface area (Å²) in [5, 5.41) is 20.3. The van der Waals surface area contributed by atoms with Crippen molar-refractivity contribution >= 4 is 17.4 Å². The van der Waals surface area contributed by atoms with Crippen LogP contribution in [0.2, 0.25) is 0 Å². The van der Waals surface area contributed by atoms with Crippen LogP contribution in [0.1, 0.15) is 74.0 Å². The number of aliphatic hydroxyl groups is 2. The van der Waals surface area contributed by atoms with E-state index in [-0.39, 0.29) is 24.2 Å². The largest absolute Gasteiger partial charge is 0.465 e. The molecule has 33 heavy (non-hydrogen) atoms. The van der Waals surface area contributed by atoms with Crippen molar-refractivity contribution in [3.05, 3.63) is 64.7 Å². The summed E-state index contributed by atoms with van der Waals surface area (Å²) < 4.78 is 5.94. The fourth-order valence-electron chi connectivity index (χ4n) is 4.92. The van der Waals surface area contributed by atoms with Gasteiger partial charge in [-0.25, -0.2) is 0 Å². The third-order valence-electron chi connectivity index (χ3n) is 7.08. The number of hydrogen-bond acceptors (Lipinski definition) is 4. The second-order valence-electron chi connectivity index (χ2n) is 9.63. The number of aliphatic hydroxyl groups excluding tert-OH is 2. The molecule has 5 atom stereocenters. The number of aryl methyl sites for hydroxylation is 1. The highest BCUT2D eigenvalue weighted by atomic mass is 16.6. The SMILES string of the molecule is CCCC(C(O)Oc1ccc(/C(C)=C/c2c(C)cccc2C(C)=O)cc1)C1CC1C(C)CO. The second-order valence-corrected chi connectivity index (χ2v) is 9.63. The van der Waals surface area contributed by atoms with Gasteiger partial charge >= 0.3 is 0 Å². The second kappa shape index (κ2) is 11.1. The highest BCUT2D eigenvalue weighted by Crippen LogP contribution is 2.51. The molecule has 0 amide bonds. The highest BCUT2D eigenvalue weighted by Gasteiger charge is 2.48. The minimum Gasteiger partial charge on any atom is -0.465 e. The lowest BCUT2D eigenvalue weighted by atomic mass is 9.93. The van der Waals surface area contributed by atoms with Crippen LogP contribution in [-0.2, 0) is 0 Å². The molecule has 1 aliphatic rings. The van der Waals surface area contributed by atoms with E-state index in [1.807, 2.05) is 56.3 Å². The molecule has 2 aromatic carbocycles. The summed E-state index contributed by atoms with van der Waals surface area (Å²) >= 11 is 0. The molecule has 0 heterocycles. The number of carbonyl (C=O) groups is 1. The van der Waals surface area contributed by atoms with Crippen LogP contribution >= 0.6 is 0 Å². The van der Waals surface area contributed by atoms with Crippen molar-refractivity contribution in [2.75, 3.05) is 6.61 Å². The van der Waals surface area contributed by atoms with Gasteiger partial charge < -0.3 is 14.9 Å². The Morgan fingerprint density at radius 1 is 1.15 bits per heavy atom. The summed E-state index contributed by atoms with van der Waals surface area (Å²) in [5.74, 6) is 1.95. The molecule has 4 nitrogen and oxygen atoms in total. The lowest BCUT2D eigenvalue weighted by Crippen LogP contribution is -2.29. The van der Waals surface area contributed by atoms with Crippen LogP contribution < -0.4 is 4.74 Å². The molecule has 1 fully saturated rings. The van der Waals surface area contributed by atoms with E-state index in [1.54, 1.807) is 6.92 Å². The van der Waals surface area contributed by atoms with Gasteiger partial charge in [0, 0.05) is 18.1 Å². The van der Waals surface area contributed by atoms with Gasteiger partial charge in [-0.15, -0.1) is 0 Å². The Labute approximate surface area is 198 Å². The number of hydrogen-bond donors (Lipinski definition) is 2. The van der Waals surface area contributed by atoms with Crippen molar-refractivity contribution in [1.82, 2.24) is 0 Å². The normalized spacial score (nSPS) is 20.8. The van der Waals surface area contributed by atoms with Crippen LogP contribution in [0.3, 0.4) is 0 Å². The van der Waals surface area contributed by atoms with Crippen molar-refractivity contribution in [2.24, 2.45) is 23.7 Å². The van der Waals surface area contributed by atoms with Crippen molar-refractivity contribution in [3.63, 3.8) is 0 Å². The van der Waals surface area contributed by atoms with E-state index in [1.165, 1.54) is 0 Å². The van der Waals surface area contributed by atoms with Crippen LogP contribution in [0, 0.1) is 30.6 Å². The Balaban J connectivity index is 1.71. The maximum atomic E-state index is 12.0. The number of Topliss-reactive ketones (excluding diaryl/α,β-unsaturated/α-hetero) is 1. The van der Waals surface area contributed by atoms with E-state index in [4.69, 9.17) is 4.74 Å². The monoisotopic (exact) mass is 450 g/mol. The van der Waals surface area contributed by atoms with E-state index < -0.39 is 6.29 Å². The summed E-state index contributed by atoms with van der Waals surface area (Å²) in [4.78, 5) is 12.0. The van der Waals surface area contributed by atoms with Gasteiger partial charge in [-0.2, -0.15) is 0 Å². The molecule has 0 saturated heterocycles. The molecular weight excluding hydrogens is 412 g/mol. The van der Waals surface area contributed by atoms with Crippen LogP contribution in [-0.4, -0.2) is 28.9 Å². The third-order valence-corrected chi connectivity index (χ3v) is 7.08. The standard InChI is InChI=1S/C29H38O4/c1-6-8-25(28-16-27(28)20(4)17-30)29(32)33-23-13-11-22(12-14-23)19(3)15-26-18(2)9-7-10-24(26)21(5)31/h7,9-15,20,25,27-30,32H,6,8,16-17H2,1-5H3/b19-15+. The maximum Gasteiger partial charge on any atom is 0.200 e. The Kier molecular flexibility index (Phi) is 8.50. The summed E-state index contributed by atoms with van der Waals surface area (Å²) in [6.07, 6.45) is 4.17. The molecule has 0 aromatic heterocycles. The summed E-state index contributed by atoms with van der Waals surface area (Å²) in [6, 6.07) is 13.6. The minimum absolute atomic E-state index is 0.0587. The zero-order valence-corrected chi connectivity index (χ0v) is 20.5. The van der Waals surface area contributed by atoms with Crippen LogP contribution in [0.25, 0.3) is 11.6 Å². The predicted octanol–water partition coefficient (Wildman–Crippen LogP) is 6.14. The molecule has 2 N–H and O–H groups in total. The van der Waals surface area contributed by atoms with Gasteiger partial charge in [0.15, 0.2) is 12.1 Å². The van der Waals surface area contributed by atoms with Gasteiger partial charge in [0.05, 0.1) is 0 Å². The summed E-state index contributed by atoms with van der Waals surface area (Å²) in [5.41, 5.74) is 4.85. The number of ketones is 1. The Hall–Kier alpha value is -2.43. The van der Waals surface area contributed by atoms with Crippen LogP contribution in [0.15, 0.2) is 42.5 Å². The molecule has 0 aliphatic heterocycles. The van der Waals surface area contributed by atoms with Gasteiger partial charge in [-0.05, 0) is 85.8 Å². The zero-order chi connectivity index (χ0) is 24.1. The van der Waals surface area contributed by atoms with Crippen LogP contribution in [0.5, 0.6) is 5.75 Å². The highest BCUT2D eigenvalue weighted by molar-refractivity contribution is 6.00. The quantitative estimate of drug-likeness (QED) is 0.245. The maximum absolute atomic E-state index is 12.0. The molecule has 2 aromatic rings. The van der Waals surface area contributed by atoms with E-state index in [9.17, 15) is 15.0 Å². The Bertz CT molecular complexity index is 976. The van der Waals surface area contributed by atoms with Gasteiger partial charge in [0.1, 0.15) is 5.75 Å². The van der Waals surface area contributed by atoms with Crippen molar-refractivity contribution in [2.45, 2.75) is 60.2 Å². The van der Waals surface area contributed by atoms with E-state index in [2.05, 4.69) is 19.9 Å². The van der Waals surface area contributed by atoms with Crippen molar-refractivity contribution < 1.29 is 19.7 Å². The smallest absolute Gasteiger partial charge is 0.200 e. The molecule has 4 heteroatoms. The minimum atomic E-state index is -0.849. The molecule has 5 unspecified atom stereocenters. The number of carbonyl (C=O) groups excluding carboxylic acids is 1. The molecule has 0 bridgehead atoms.